The summed E-state index contributed by atoms with van der Waals surface area (Å²) in [5, 5.41) is 9.58. The van der Waals surface area contributed by atoms with Gasteiger partial charge in [-0.2, -0.15) is 0 Å². The molecule has 1 aromatic carbocycles. The van der Waals surface area contributed by atoms with Gasteiger partial charge in [0.05, 0.1) is 5.52 Å². The molecule has 1 aromatic heterocycles. The molecule has 9 nitrogen and oxygen atoms in total. The Balaban J connectivity index is 1.62. The van der Waals surface area contributed by atoms with Gasteiger partial charge in [0.1, 0.15) is 11.6 Å². The van der Waals surface area contributed by atoms with Crippen molar-refractivity contribution in [3.05, 3.63) is 40.2 Å². The van der Waals surface area contributed by atoms with E-state index in [0.717, 1.165) is 30.2 Å². The van der Waals surface area contributed by atoms with E-state index in [1.807, 2.05) is 32.9 Å². The second-order valence-electron chi connectivity index (χ2n) is 12.2. The first-order valence-corrected chi connectivity index (χ1v) is 15.3. The normalized spacial score (nSPS) is 14.8. The van der Waals surface area contributed by atoms with Gasteiger partial charge in [0.15, 0.2) is 0 Å². The number of aromatic nitrogens is 1. The Morgan fingerprint density at radius 3 is 2.54 bits per heavy atom. The van der Waals surface area contributed by atoms with Crippen LogP contribution < -0.4 is 21.5 Å². The number of H-pyrrole nitrogens is 1. The summed E-state index contributed by atoms with van der Waals surface area (Å²) in [6.45, 7) is 7.91. The van der Waals surface area contributed by atoms with Gasteiger partial charge >= 0.3 is 6.09 Å². The van der Waals surface area contributed by atoms with Crippen molar-refractivity contribution in [1.82, 2.24) is 15.6 Å². The van der Waals surface area contributed by atoms with E-state index in [4.69, 9.17) is 4.74 Å². The van der Waals surface area contributed by atoms with Gasteiger partial charge in [-0.15, -0.1) is 0 Å². The second kappa shape index (κ2) is 15.6. The van der Waals surface area contributed by atoms with Crippen LogP contribution in [0.25, 0.3) is 10.9 Å². The van der Waals surface area contributed by atoms with Crippen LogP contribution in [0.5, 0.6) is 0 Å². The molecule has 1 aliphatic carbocycles. The maximum atomic E-state index is 13.4. The highest BCUT2D eigenvalue weighted by Crippen LogP contribution is 2.27. The zero-order valence-corrected chi connectivity index (χ0v) is 25.2. The molecule has 2 aromatic rings. The minimum absolute atomic E-state index is 0.116. The molecule has 0 aliphatic heterocycles. The number of carbonyl (C=O) groups excluding carboxylic acids is 3. The molecular weight excluding hydrogens is 520 g/mol. The van der Waals surface area contributed by atoms with E-state index in [1.165, 1.54) is 32.1 Å². The smallest absolute Gasteiger partial charge is 0.407 e. The molecule has 4 N–H and O–H groups in total. The number of amides is 3. The number of ether oxygens (including phenoxy) is 1. The Kier molecular flexibility index (Phi) is 12.2. The summed E-state index contributed by atoms with van der Waals surface area (Å²) >= 11 is 0. The molecule has 0 bridgehead atoms. The number of fused-ring (bicyclic) bond motifs is 1. The zero-order chi connectivity index (χ0) is 29.8. The molecule has 1 atom stereocenters. The Hall–Kier alpha value is -3.36. The highest BCUT2D eigenvalue weighted by atomic mass is 16.6. The molecule has 41 heavy (non-hydrogen) atoms. The van der Waals surface area contributed by atoms with Crippen LogP contribution in [0.4, 0.5) is 10.5 Å². The largest absolute Gasteiger partial charge is 0.444 e. The molecule has 3 rings (SSSR count). The molecule has 3 amide bonds. The Labute approximate surface area is 243 Å². The number of unbranched alkanes of at least 4 members (excludes halogenated alkanes) is 1. The van der Waals surface area contributed by atoms with Gasteiger partial charge in [-0.05, 0) is 76.5 Å². The van der Waals surface area contributed by atoms with E-state index < -0.39 is 17.7 Å². The van der Waals surface area contributed by atoms with Crippen molar-refractivity contribution < 1.29 is 19.1 Å². The summed E-state index contributed by atoms with van der Waals surface area (Å²) in [5.74, 6) is 0.162. The van der Waals surface area contributed by atoms with Crippen LogP contribution in [0.2, 0.25) is 0 Å². The van der Waals surface area contributed by atoms with Crippen LogP contribution in [0.15, 0.2) is 29.1 Å². The summed E-state index contributed by atoms with van der Waals surface area (Å²) < 4.78 is 5.26. The van der Waals surface area contributed by atoms with Crippen LogP contribution in [-0.2, 0) is 20.7 Å². The summed E-state index contributed by atoms with van der Waals surface area (Å²) in [7, 11) is 0. The maximum absolute atomic E-state index is 13.4. The SMILES string of the molecule is CCCc1cc(=O)[nH]c2cc(NC(=O)C(CCCCNC(=O)OC(C)(C)C)NC(=O)CCC3CCCCC3)ccc12. The number of alkyl carbamates (subject to hydrolysis) is 1. The molecule has 9 heteroatoms. The quantitative estimate of drug-likeness (QED) is 0.222. The van der Waals surface area contributed by atoms with Gasteiger partial charge in [0.25, 0.3) is 0 Å². The van der Waals surface area contributed by atoms with Crippen LogP contribution >= 0.6 is 0 Å². The number of hydrogen-bond acceptors (Lipinski definition) is 5. The molecule has 0 radical (unpaired) electrons. The van der Waals surface area contributed by atoms with E-state index in [-0.39, 0.29) is 17.4 Å². The summed E-state index contributed by atoms with van der Waals surface area (Å²) in [5.41, 5.74) is 1.46. The van der Waals surface area contributed by atoms with Crippen molar-refractivity contribution in [2.45, 2.75) is 116 Å². The topological polar surface area (TPSA) is 129 Å². The van der Waals surface area contributed by atoms with Crippen LogP contribution in [0.3, 0.4) is 0 Å². The number of nitrogens with one attached hydrogen (secondary N) is 4. The molecule has 1 fully saturated rings. The third-order valence-electron chi connectivity index (χ3n) is 7.46. The molecule has 1 unspecified atom stereocenters. The van der Waals surface area contributed by atoms with Gasteiger partial charge in [-0.1, -0.05) is 51.5 Å². The molecule has 0 saturated heterocycles. The highest BCUT2D eigenvalue weighted by molar-refractivity contribution is 5.98. The first-order valence-electron chi connectivity index (χ1n) is 15.3. The standard InChI is InChI=1S/C32H48N4O5/c1-5-11-23-20-29(38)36-27-21-24(16-17-25(23)27)34-30(39)26(14-9-10-19-33-31(40)41-32(2,3)4)35-28(37)18-15-22-12-7-6-8-13-22/h16-17,20-22,26H,5-15,18-19H2,1-4H3,(H,33,40)(H,34,39)(H,35,37)(H,36,38). The number of benzene rings is 1. The van der Waals surface area contributed by atoms with Crippen molar-refractivity contribution in [1.29, 1.82) is 0 Å². The fraction of sp³-hybridized carbons (Fsp3) is 0.625. The zero-order valence-electron chi connectivity index (χ0n) is 25.2. The fourth-order valence-corrected chi connectivity index (χ4v) is 5.44. The van der Waals surface area contributed by atoms with Crippen molar-refractivity contribution >= 4 is 34.5 Å². The number of carbonyl (C=O) groups is 3. The predicted molar refractivity (Wildman–Crippen MR) is 163 cm³/mol. The second-order valence-corrected chi connectivity index (χ2v) is 12.2. The van der Waals surface area contributed by atoms with Crippen LogP contribution in [0, 0.1) is 5.92 Å². The molecule has 226 valence electrons. The number of aromatic amines is 1. The number of aryl methyl sites for hydroxylation is 1. The molecule has 1 aliphatic rings. The molecule has 0 spiro atoms. The van der Waals surface area contributed by atoms with Crippen molar-refractivity contribution in [2.24, 2.45) is 5.92 Å². The van der Waals surface area contributed by atoms with E-state index in [2.05, 4.69) is 27.9 Å². The number of hydrogen-bond donors (Lipinski definition) is 4. The third kappa shape index (κ3) is 11.2. The Morgan fingerprint density at radius 2 is 1.83 bits per heavy atom. The fourth-order valence-electron chi connectivity index (χ4n) is 5.44. The molecule has 1 heterocycles. The highest BCUT2D eigenvalue weighted by Gasteiger charge is 2.22. The minimum Gasteiger partial charge on any atom is -0.444 e. The average Bonchev–Trinajstić information content (AvgIpc) is 2.90. The van der Waals surface area contributed by atoms with Gasteiger partial charge in [0.2, 0.25) is 17.4 Å². The van der Waals surface area contributed by atoms with Crippen molar-refractivity contribution in [2.75, 3.05) is 11.9 Å². The number of pyridine rings is 1. The lowest BCUT2D eigenvalue weighted by Gasteiger charge is -2.22. The third-order valence-corrected chi connectivity index (χ3v) is 7.46. The number of anilines is 1. The lowest BCUT2D eigenvalue weighted by Crippen LogP contribution is -2.44. The minimum atomic E-state index is -0.712. The lowest BCUT2D eigenvalue weighted by molar-refractivity contribution is -0.126. The average molecular weight is 569 g/mol. The van der Waals surface area contributed by atoms with E-state index >= 15 is 0 Å². The van der Waals surface area contributed by atoms with E-state index in [0.29, 0.717) is 49.4 Å². The van der Waals surface area contributed by atoms with Gasteiger partial charge in [-0.3, -0.25) is 14.4 Å². The Bertz CT molecular complexity index is 1230. The monoisotopic (exact) mass is 568 g/mol. The van der Waals surface area contributed by atoms with Gasteiger partial charge in [0, 0.05) is 30.1 Å². The van der Waals surface area contributed by atoms with E-state index in [1.54, 1.807) is 12.1 Å². The van der Waals surface area contributed by atoms with Crippen LogP contribution in [0.1, 0.15) is 104 Å². The molecular formula is C32H48N4O5. The predicted octanol–water partition coefficient (Wildman–Crippen LogP) is 5.96. The summed E-state index contributed by atoms with van der Waals surface area (Å²) in [6, 6.07) is 6.41. The Morgan fingerprint density at radius 1 is 1.07 bits per heavy atom. The lowest BCUT2D eigenvalue weighted by atomic mass is 9.86. The maximum Gasteiger partial charge on any atom is 0.407 e. The summed E-state index contributed by atoms with van der Waals surface area (Å²) in [6.07, 6.45) is 10.3. The first kappa shape index (κ1) is 32.2. The van der Waals surface area contributed by atoms with Crippen molar-refractivity contribution in [3.63, 3.8) is 0 Å². The van der Waals surface area contributed by atoms with Crippen molar-refractivity contribution in [3.8, 4) is 0 Å². The number of rotatable bonds is 13. The van der Waals surface area contributed by atoms with Gasteiger partial charge in [-0.25, -0.2) is 4.79 Å². The van der Waals surface area contributed by atoms with Crippen LogP contribution in [-0.4, -0.2) is 41.1 Å². The molecule has 1 saturated carbocycles. The van der Waals surface area contributed by atoms with Gasteiger partial charge < -0.3 is 25.7 Å². The first-order chi connectivity index (χ1) is 19.5. The summed E-state index contributed by atoms with van der Waals surface area (Å²) in [4.78, 5) is 53.2. The van der Waals surface area contributed by atoms with E-state index in [9.17, 15) is 19.2 Å².